The second kappa shape index (κ2) is 9.34. The van der Waals surface area contributed by atoms with Gasteiger partial charge in [-0.25, -0.2) is 0 Å². The van der Waals surface area contributed by atoms with Crippen molar-refractivity contribution in [3.05, 3.63) is 29.8 Å². The molecular weight excluding hydrogens is 284 g/mol. The number of benzene rings is 1. The summed E-state index contributed by atoms with van der Waals surface area (Å²) in [4.78, 5) is 14.1. The van der Waals surface area contributed by atoms with E-state index in [2.05, 4.69) is 12.2 Å². The molecule has 4 nitrogen and oxygen atoms in total. The van der Waals surface area contributed by atoms with Crippen molar-refractivity contribution in [3.8, 4) is 5.75 Å². The normalized spacial score (nSPS) is 10.0. The fourth-order valence-corrected chi connectivity index (χ4v) is 2.17. The summed E-state index contributed by atoms with van der Waals surface area (Å²) in [5.74, 6) is 0.512. The average Bonchev–Trinajstić information content (AvgIpc) is 2.49. The molecule has 1 aromatic carbocycles. The van der Waals surface area contributed by atoms with Crippen LogP contribution in [0.1, 0.15) is 44.0 Å². The summed E-state index contributed by atoms with van der Waals surface area (Å²) in [5.41, 5.74) is 0.554. The molecular formula is C16H24N2O2S. The van der Waals surface area contributed by atoms with Crippen molar-refractivity contribution in [1.29, 1.82) is 0 Å². The topological polar surface area (TPSA) is 41.6 Å². The highest BCUT2D eigenvalue weighted by atomic mass is 32.1. The summed E-state index contributed by atoms with van der Waals surface area (Å²) >= 11 is 5.23. The van der Waals surface area contributed by atoms with E-state index in [1.807, 2.05) is 30.9 Å². The van der Waals surface area contributed by atoms with Gasteiger partial charge < -0.3 is 9.64 Å². The number of rotatable bonds is 7. The molecule has 21 heavy (non-hydrogen) atoms. The third-order valence-electron chi connectivity index (χ3n) is 3.13. The summed E-state index contributed by atoms with van der Waals surface area (Å²) in [7, 11) is 0. The highest BCUT2D eigenvalue weighted by Gasteiger charge is 2.12. The van der Waals surface area contributed by atoms with Crippen LogP contribution >= 0.6 is 12.2 Å². The Bertz CT molecular complexity index is 473. The van der Waals surface area contributed by atoms with Crippen molar-refractivity contribution in [3.63, 3.8) is 0 Å². The highest BCUT2D eigenvalue weighted by molar-refractivity contribution is 7.80. The minimum atomic E-state index is -0.201. The molecule has 1 amide bonds. The van der Waals surface area contributed by atoms with Crippen LogP contribution in [0.25, 0.3) is 0 Å². The molecule has 1 aromatic rings. The fourth-order valence-electron chi connectivity index (χ4n) is 1.82. The summed E-state index contributed by atoms with van der Waals surface area (Å²) in [5, 5.41) is 3.22. The van der Waals surface area contributed by atoms with Gasteiger partial charge in [-0.3, -0.25) is 10.1 Å². The number of carbonyl (C=O) groups is 1. The van der Waals surface area contributed by atoms with Crippen LogP contribution < -0.4 is 10.1 Å². The molecule has 0 spiro atoms. The average molecular weight is 308 g/mol. The zero-order valence-corrected chi connectivity index (χ0v) is 13.8. The zero-order valence-electron chi connectivity index (χ0n) is 13.0. The summed E-state index contributed by atoms with van der Waals surface area (Å²) in [6.45, 7) is 8.33. The Hall–Kier alpha value is -1.62. The minimum Gasteiger partial charge on any atom is -0.494 e. The molecule has 5 heteroatoms. The van der Waals surface area contributed by atoms with Gasteiger partial charge in [0.15, 0.2) is 5.11 Å². The number of hydrogen-bond donors (Lipinski definition) is 1. The van der Waals surface area contributed by atoms with Crippen molar-refractivity contribution >= 4 is 23.2 Å². The second-order valence-corrected chi connectivity index (χ2v) is 5.05. The summed E-state index contributed by atoms with van der Waals surface area (Å²) in [6, 6.07) is 7.18. The smallest absolute Gasteiger partial charge is 0.257 e. The van der Waals surface area contributed by atoms with Gasteiger partial charge in [0.05, 0.1) is 6.61 Å². The molecule has 116 valence electrons. The fraction of sp³-hybridized carbons (Fsp3) is 0.500. The quantitative estimate of drug-likeness (QED) is 0.620. The lowest BCUT2D eigenvalue weighted by atomic mass is 10.2. The van der Waals surface area contributed by atoms with Gasteiger partial charge in [0.1, 0.15) is 5.75 Å². The first-order valence-electron chi connectivity index (χ1n) is 7.45. The Labute approximate surface area is 132 Å². The number of ether oxygens (including phenoxy) is 1. The molecule has 1 rings (SSSR count). The van der Waals surface area contributed by atoms with E-state index in [1.54, 1.807) is 12.1 Å². The van der Waals surface area contributed by atoms with Gasteiger partial charge in [0.25, 0.3) is 5.91 Å². The minimum absolute atomic E-state index is 0.201. The van der Waals surface area contributed by atoms with E-state index in [0.29, 0.717) is 23.0 Å². The molecule has 0 aliphatic rings. The van der Waals surface area contributed by atoms with Crippen molar-refractivity contribution in [2.75, 3.05) is 19.7 Å². The molecule has 0 aromatic heterocycles. The van der Waals surface area contributed by atoms with E-state index in [9.17, 15) is 4.79 Å². The van der Waals surface area contributed by atoms with E-state index >= 15 is 0 Å². The maximum absolute atomic E-state index is 12.2. The van der Waals surface area contributed by atoms with Gasteiger partial charge in [0.2, 0.25) is 0 Å². The van der Waals surface area contributed by atoms with Crippen LogP contribution in [-0.4, -0.2) is 35.6 Å². The van der Waals surface area contributed by atoms with Crippen LogP contribution in [0.4, 0.5) is 0 Å². The standard InChI is InChI=1S/C16H24N2O2S/c1-4-7-11-20-14-10-8-9-13(12-14)15(19)17-16(21)18(5-2)6-3/h8-10,12H,4-7,11H2,1-3H3,(H,17,19,21). The number of thiocarbonyl (C=S) groups is 1. The van der Waals surface area contributed by atoms with Crippen molar-refractivity contribution in [1.82, 2.24) is 10.2 Å². The second-order valence-electron chi connectivity index (χ2n) is 4.66. The van der Waals surface area contributed by atoms with E-state index in [0.717, 1.165) is 25.9 Å². The first kappa shape index (κ1) is 17.4. The Morgan fingerprint density at radius 2 is 2.00 bits per heavy atom. The number of nitrogens with zero attached hydrogens (tertiary/aromatic N) is 1. The first-order chi connectivity index (χ1) is 10.1. The lowest BCUT2D eigenvalue weighted by Gasteiger charge is -2.21. The third-order valence-corrected chi connectivity index (χ3v) is 3.49. The molecule has 0 bridgehead atoms. The Morgan fingerprint density at radius 1 is 1.29 bits per heavy atom. The molecule has 0 fully saturated rings. The monoisotopic (exact) mass is 308 g/mol. The molecule has 0 unspecified atom stereocenters. The molecule has 0 aliphatic heterocycles. The first-order valence-corrected chi connectivity index (χ1v) is 7.86. The molecule has 1 N–H and O–H groups in total. The Kier molecular flexibility index (Phi) is 7.75. The number of nitrogens with one attached hydrogen (secondary N) is 1. The van der Waals surface area contributed by atoms with Crippen LogP contribution in [-0.2, 0) is 0 Å². The highest BCUT2D eigenvalue weighted by Crippen LogP contribution is 2.14. The molecule has 0 saturated carbocycles. The van der Waals surface area contributed by atoms with Crippen LogP contribution in [0.3, 0.4) is 0 Å². The van der Waals surface area contributed by atoms with Gasteiger partial charge in [-0.1, -0.05) is 19.4 Å². The van der Waals surface area contributed by atoms with Crippen molar-refractivity contribution < 1.29 is 9.53 Å². The van der Waals surface area contributed by atoms with Crippen LogP contribution in [0, 0.1) is 0 Å². The van der Waals surface area contributed by atoms with E-state index in [1.165, 1.54) is 0 Å². The number of unbranched alkanes of at least 4 members (excludes halogenated alkanes) is 1. The summed E-state index contributed by atoms with van der Waals surface area (Å²) in [6.07, 6.45) is 2.08. The SMILES string of the molecule is CCCCOc1cccc(C(=O)NC(=S)N(CC)CC)c1. The third kappa shape index (κ3) is 5.71. The van der Waals surface area contributed by atoms with Crippen LogP contribution in [0.2, 0.25) is 0 Å². The van der Waals surface area contributed by atoms with Gasteiger partial charge in [0, 0.05) is 18.7 Å². The Morgan fingerprint density at radius 3 is 2.62 bits per heavy atom. The van der Waals surface area contributed by atoms with Crippen molar-refractivity contribution in [2.24, 2.45) is 0 Å². The lowest BCUT2D eigenvalue weighted by molar-refractivity contribution is 0.0973. The summed E-state index contributed by atoms with van der Waals surface area (Å²) < 4.78 is 5.61. The number of carbonyl (C=O) groups excluding carboxylic acids is 1. The molecule has 0 atom stereocenters. The predicted molar refractivity (Wildman–Crippen MR) is 89.8 cm³/mol. The Balaban J connectivity index is 2.65. The van der Waals surface area contributed by atoms with E-state index < -0.39 is 0 Å². The molecule has 0 radical (unpaired) electrons. The van der Waals surface area contributed by atoms with Crippen LogP contribution in [0.15, 0.2) is 24.3 Å². The zero-order chi connectivity index (χ0) is 15.7. The van der Waals surface area contributed by atoms with Gasteiger partial charge in [-0.15, -0.1) is 0 Å². The van der Waals surface area contributed by atoms with Crippen LogP contribution in [0.5, 0.6) is 5.75 Å². The van der Waals surface area contributed by atoms with Gasteiger partial charge in [-0.05, 0) is 50.7 Å². The number of hydrogen-bond acceptors (Lipinski definition) is 3. The lowest BCUT2D eigenvalue weighted by Crippen LogP contribution is -2.42. The van der Waals surface area contributed by atoms with E-state index in [4.69, 9.17) is 17.0 Å². The number of amides is 1. The largest absolute Gasteiger partial charge is 0.494 e. The van der Waals surface area contributed by atoms with E-state index in [-0.39, 0.29) is 5.91 Å². The maximum atomic E-state index is 12.2. The van der Waals surface area contributed by atoms with Gasteiger partial charge in [-0.2, -0.15) is 0 Å². The molecule has 0 aliphatic carbocycles. The van der Waals surface area contributed by atoms with Gasteiger partial charge >= 0.3 is 0 Å². The molecule has 0 heterocycles. The maximum Gasteiger partial charge on any atom is 0.257 e. The molecule has 0 saturated heterocycles. The predicted octanol–water partition coefficient (Wildman–Crippen LogP) is 3.22. The van der Waals surface area contributed by atoms with Crippen molar-refractivity contribution in [2.45, 2.75) is 33.6 Å².